The Hall–Kier alpha value is -3.39. The van der Waals surface area contributed by atoms with Crippen molar-refractivity contribution < 1.29 is 24.2 Å². The van der Waals surface area contributed by atoms with Gasteiger partial charge < -0.3 is 15.2 Å². The zero-order valence-electron chi connectivity index (χ0n) is 15.4. The Morgan fingerprint density at radius 1 is 0.964 bits per heavy atom. The molecule has 148 valence electrons. The van der Waals surface area contributed by atoms with Gasteiger partial charge in [0.1, 0.15) is 18.7 Å². The largest absolute Gasteiger partial charge is 0.480 e. The summed E-state index contributed by atoms with van der Waals surface area (Å²) >= 11 is 0. The summed E-state index contributed by atoms with van der Waals surface area (Å²) in [5.74, 6) is -1.69. The quantitative estimate of drug-likeness (QED) is 0.488. The molecule has 0 aliphatic carbocycles. The molecule has 2 aromatic rings. The van der Waals surface area contributed by atoms with Crippen molar-refractivity contribution in [3.63, 3.8) is 0 Å². The van der Waals surface area contributed by atoms with E-state index in [0.717, 1.165) is 11.1 Å². The molecular formula is C20H23N3O5. The average Bonchev–Trinajstić information content (AvgIpc) is 2.70. The third-order valence-electron chi connectivity index (χ3n) is 3.89. The van der Waals surface area contributed by atoms with E-state index >= 15 is 0 Å². The van der Waals surface area contributed by atoms with Gasteiger partial charge in [-0.25, -0.2) is 10.2 Å². The molecule has 8 heteroatoms. The number of aliphatic carboxylic acids is 1. The van der Waals surface area contributed by atoms with E-state index in [1.807, 2.05) is 36.4 Å². The summed E-state index contributed by atoms with van der Waals surface area (Å²) in [5, 5.41) is 11.7. The van der Waals surface area contributed by atoms with Gasteiger partial charge in [-0.1, -0.05) is 60.7 Å². The number of alkyl carbamates (subject to hydrolysis) is 1. The molecule has 0 spiro atoms. The highest BCUT2D eigenvalue weighted by atomic mass is 16.5. The van der Waals surface area contributed by atoms with Crippen LogP contribution in [-0.2, 0) is 27.4 Å². The Bertz CT molecular complexity index is 783. The monoisotopic (exact) mass is 385 g/mol. The molecule has 0 radical (unpaired) electrons. The van der Waals surface area contributed by atoms with Crippen molar-refractivity contribution in [2.45, 2.75) is 32.0 Å². The first-order valence-corrected chi connectivity index (χ1v) is 8.75. The van der Waals surface area contributed by atoms with Crippen molar-refractivity contribution in [2.24, 2.45) is 0 Å². The van der Waals surface area contributed by atoms with Gasteiger partial charge >= 0.3 is 12.1 Å². The highest BCUT2D eigenvalue weighted by Crippen LogP contribution is 2.03. The van der Waals surface area contributed by atoms with Crippen molar-refractivity contribution in [3.05, 3.63) is 71.8 Å². The summed E-state index contributed by atoms with van der Waals surface area (Å²) < 4.78 is 5.05. The minimum absolute atomic E-state index is 0.0808. The molecule has 0 saturated heterocycles. The summed E-state index contributed by atoms with van der Waals surface area (Å²) in [6.07, 6.45) is -0.553. The Balaban J connectivity index is 1.76. The fourth-order valence-electron chi connectivity index (χ4n) is 2.32. The maximum atomic E-state index is 12.1. The van der Waals surface area contributed by atoms with Gasteiger partial charge in [-0.15, -0.1) is 0 Å². The molecular weight excluding hydrogens is 362 g/mol. The van der Waals surface area contributed by atoms with E-state index < -0.39 is 30.1 Å². The van der Waals surface area contributed by atoms with Crippen LogP contribution in [0.25, 0.3) is 0 Å². The molecule has 4 N–H and O–H groups in total. The van der Waals surface area contributed by atoms with Crippen LogP contribution in [0.15, 0.2) is 60.7 Å². The third-order valence-corrected chi connectivity index (χ3v) is 3.89. The molecule has 8 nitrogen and oxygen atoms in total. The van der Waals surface area contributed by atoms with Gasteiger partial charge in [0.05, 0.1) is 0 Å². The number of ether oxygens (including phenoxy) is 1. The molecule has 0 bridgehead atoms. The smallest absolute Gasteiger partial charge is 0.408 e. The number of hydrogen-bond acceptors (Lipinski definition) is 5. The second kappa shape index (κ2) is 10.7. The standard InChI is InChI=1S/C20H23N3O5/c1-14(21-20(27)28-13-16-10-6-3-7-11-16)18(24)23-22-17(19(25)26)12-15-8-4-2-5-9-15/h2-11,14,17,22H,12-13H2,1H3,(H,21,27)(H,23,24)(H,25,26)/t14?,17-/m0/s1. The normalized spacial score (nSPS) is 12.5. The average molecular weight is 385 g/mol. The first-order chi connectivity index (χ1) is 13.5. The Labute approximate surface area is 162 Å². The zero-order chi connectivity index (χ0) is 20.4. The summed E-state index contributed by atoms with van der Waals surface area (Å²) in [5.41, 5.74) is 6.44. The van der Waals surface area contributed by atoms with Crippen LogP contribution in [0.4, 0.5) is 4.79 Å². The molecule has 28 heavy (non-hydrogen) atoms. The lowest BCUT2D eigenvalue weighted by atomic mass is 10.1. The van der Waals surface area contributed by atoms with Crippen molar-refractivity contribution in [1.29, 1.82) is 0 Å². The van der Waals surface area contributed by atoms with Crippen LogP contribution in [0, 0.1) is 0 Å². The Kier molecular flexibility index (Phi) is 7.98. The van der Waals surface area contributed by atoms with Gasteiger partial charge in [0.25, 0.3) is 5.91 Å². The number of benzene rings is 2. The molecule has 0 aromatic heterocycles. The van der Waals surface area contributed by atoms with E-state index in [1.165, 1.54) is 6.92 Å². The van der Waals surface area contributed by atoms with E-state index in [4.69, 9.17) is 4.74 Å². The van der Waals surface area contributed by atoms with Crippen LogP contribution in [0.3, 0.4) is 0 Å². The molecule has 0 saturated carbocycles. The topological polar surface area (TPSA) is 117 Å². The number of hydrazine groups is 1. The van der Waals surface area contributed by atoms with E-state index in [9.17, 15) is 19.5 Å². The van der Waals surface area contributed by atoms with Crippen LogP contribution in [0.1, 0.15) is 18.1 Å². The van der Waals surface area contributed by atoms with E-state index in [0.29, 0.717) is 0 Å². The lowest BCUT2D eigenvalue weighted by Crippen LogP contribution is -2.54. The summed E-state index contributed by atoms with van der Waals surface area (Å²) in [6.45, 7) is 1.55. The van der Waals surface area contributed by atoms with Gasteiger partial charge in [-0.2, -0.15) is 0 Å². The summed E-state index contributed by atoms with van der Waals surface area (Å²) in [4.78, 5) is 35.3. The maximum absolute atomic E-state index is 12.1. The summed E-state index contributed by atoms with van der Waals surface area (Å²) in [7, 11) is 0. The molecule has 0 heterocycles. The fraction of sp³-hybridized carbons (Fsp3) is 0.250. The molecule has 0 fully saturated rings. The molecule has 2 aromatic carbocycles. The minimum atomic E-state index is -1.10. The Morgan fingerprint density at radius 3 is 2.11 bits per heavy atom. The lowest BCUT2D eigenvalue weighted by molar-refractivity contribution is -0.140. The second-order valence-electron chi connectivity index (χ2n) is 6.14. The number of carbonyl (C=O) groups is 3. The van der Waals surface area contributed by atoms with E-state index in [1.54, 1.807) is 24.3 Å². The van der Waals surface area contributed by atoms with Crippen LogP contribution < -0.4 is 16.2 Å². The van der Waals surface area contributed by atoms with Gasteiger partial charge in [0, 0.05) is 6.42 Å². The van der Waals surface area contributed by atoms with Crippen LogP contribution in [0.5, 0.6) is 0 Å². The van der Waals surface area contributed by atoms with Gasteiger partial charge in [0.15, 0.2) is 0 Å². The SMILES string of the molecule is CC(NC(=O)OCc1ccccc1)C(=O)NN[C@@H](Cc1ccccc1)C(=O)O. The first-order valence-electron chi connectivity index (χ1n) is 8.75. The van der Waals surface area contributed by atoms with Gasteiger partial charge in [0.2, 0.25) is 0 Å². The van der Waals surface area contributed by atoms with Crippen LogP contribution in [0.2, 0.25) is 0 Å². The molecule has 2 amide bonds. The number of nitrogens with one attached hydrogen (secondary N) is 3. The molecule has 0 aliphatic heterocycles. The van der Waals surface area contributed by atoms with Crippen LogP contribution >= 0.6 is 0 Å². The van der Waals surface area contributed by atoms with Crippen LogP contribution in [-0.4, -0.2) is 35.2 Å². The number of carboxylic acids is 1. The van der Waals surface area contributed by atoms with Crippen molar-refractivity contribution in [3.8, 4) is 0 Å². The van der Waals surface area contributed by atoms with Crippen molar-refractivity contribution >= 4 is 18.0 Å². The highest BCUT2D eigenvalue weighted by molar-refractivity contribution is 5.85. The number of amides is 2. The minimum Gasteiger partial charge on any atom is -0.480 e. The predicted molar refractivity (Wildman–Crippen MR) is 102 cm³/mol. The number of rotatable bonds is 9. The van der Waals surface area contributed by atoms with E-state index in [2.05, 4.69) is 16.2 Å². The molecule has 0 aliphatic rings. The number of carboxylic acid groups (broad SMARTS) is 1. The maximum Gasteiger partial charge on any atom is 0.408 e. The molecule has 1 unspecified atom stereocenters. The fourth-order valence-corrected chi connectivity index (χ4v) is 2.32. The molecule has 2 rings (SSSR count). The summed E-state index contributed by atoms with van der Waals surface area (Å²) in [6, 6.07) is 16.2. The second-order valence-corrected chi connectivity index (χ2v) is 6.14. The van der Waals surface area contributed by atoms with E-state index in [-0.39, 0.29) is 13.0 Å². The first kappa shape index (κ1) is 20.9. The highest BCUT2D eigenvalue weighted by Gasteiger charge is 2.21. The zero-order valence-corrected chi connectivity index (χ0v) is 15.4. The van der Waals surface area contributed by atoms with Crippen molar-refractivity contribution in [1.82, 2.24) is 16.2 Å². The predicted octanol–water partition coefficient (Wildman–Crippen LogP) is 1.62. The lowest BCUT2D eigenvalue weighted by Gasteiger charge is -2.18. The van der Waals surface area contributed by atoms with Gasteiger partial charge in [-0.3, -0.25) is 15.0 Å². The number of carbonyl (C=O) groups excluding carboxylic acids is 2. The molecule has 2 atom stereocenters. The third kappa shape index (κ3) is 7.08. The van der Waals surface area contributed by atoms with Gasteiger partial charge in [-0.05, 0) is 18.1 Å². The number of hydrogen-bond donors (Lipinski definition) is 4. The Morgan fingerprint density at radius 2 is 1.54 bits per heavy atom. The van der Waals surface area contributed by atoms with Crippen molar-refractivity contribution in [2.75, 3.05) is 0 Å².